The Morgan fingerprint density at radius 3 is 3.11 bits per heavy atom. The van der Waals surface area contributed by atoms with Gasteiger partial charge in [0.05, 0.1) is 25.1 Å². The topological polar surface area (TPSA) is 63.9 Å². The summed E-state index contributed by atoms with van der Waals surface area (Å²) in [5.74, 6) is 0.768. The minimum atomic E-state index is -0.528. The molecule has 2 rings (SSSR count). The molecule has 1 aliphatic rings. The molecule has 0 saturated carbocycles. The molecule has 0 amide bonds. The van der Waals surface area contributed by atoms with Crippen LogP contribution in [-0.2, 0) is 16.1 Å². The number of nitrogens with one attached hydrogen (secondary N) is 1. The van der Waals surface area contributed by atoms with Crippen LogP contribution in [0, 0.1) is 0 Å². The third-order valence-electron chi connectivity index (χ3n) is 3.76. The van der Waals surface area contributed by atoms with Gasteiger partial charge in [0, 0.05) is 18.7 Å². The number of β-amino-alcohol motifs (C(OH)–C–C–N with tert-alkyl or cyclic N) is 1. The summed E-state index contributed by atoms with van der Waals surface area (Å²) in [5.41, 5.74) is -0.0536. The van der Waals surface area contributed by atoms with Gasteiger partial charge in [-0.05, 0) is 32.4 Å². The molecule has 0 aliphatic carbocycles. The lowest BCUT2D eigenvalue weighted by Crippen LogP contribution is -2.50. The zero-order chi connectivity index (χ0) is 13.7. The van der Waals surface area contributed by atoms with E-state index in [0.717, 1.165) is 18.8 Å². The van der Waals surface area contributed by atoms with Crippen molar-refractivity contribution in [1.82, 2.24) is 5.32 Å². The molecule has 1 saturated heterocycles. The van der Waals surface area contributed by atoms with Crippen LogP contribution in [0.15, 0.2) is 22.8 Å². The highest BCUT2D eigenvalue weighted by Crippen LogP contribution is 2.24. The lowest BCUT2D eigenvalue weighted by atomic mass is 9.94. The van der Waals surface area contributed by atoms with E-state index < -0.39 is 6.10 Å². The van der Waals surface area contributed by atoms with Gasteiger partial charge in [0.25, 0.3) is 0 Å². The van der Waals surface area contributed by atoms with Crippen LogP contribution in [0.3, 0.4) is 0 Å². The third-order valence-corrected chi connectivity index (χ3v) is 3.76. The van der Waals surface area contributed by atoms with Gasteiger partial charge in [-0.1, -0.05) is 0 Å². The van der Waals surface area contributed by atoms with Crippen molar-refractivity contribution in [3.8, 4) is 0 Å². The zero-order valence-electron chi connectivity index (χ0n) is 11.6. The summed E-state index contributed by atoms with van der Waals surface area (Å²) in [6, 6.07) is 3.67. The molecular formula is C14H23NO4. The van der Waals surface area contributed by atoms with Crippen molar-refractivity contribution in [1.29, 1.82) is 0 Å². The van der Waals surface area contributed by atoms with Crippen LogP contribution >= 0.6 is 0 Å². The maximum Gasteiger partial charge on any atom is 0.129 e. The Bertz CT molecular complexity index is 368. The van der Waals surface area contributed by atoms with Crippen LogP contribution in [0.5, 0.6) is 0 Å². The monoisotopic (exact) mass is 269 g/mol. The molecule has 1 aromatic rings. The summed E-state index contributed by atoms with van der Waals surface area (Å²) >= 11 is 0. The first-order valence-electron chi connectivity index (χ1n) is 6.75. The third kappa shape index (κ3) is 4.04. The van der Waals surface area contributed by atoms with E-state index >= 15 is 0 Å². The van der Waals surface area contributed by atoms with Crippen molar-refractivity contribution >= 4 is 0 Å². The SMILES string of the molecule is CC1OCCC1(C)NCC(O)COCc1ccco1. The Morgan fingerprint density at radius 1 is 1.63 bits per heavy atom. The molecule has 1 aromatic heterocycles. The number of hydrogen-bond donors (Lipinski definition) is 2. The summed E-state index contributed by atoms with van der Waals surface area (Å²) in [7, 11) is 0. The van der Waals surface area contributed by atoms with Crippen LogP contribution in [-0.4, -0.2) is 42.6 Å². The number of ether oxygens (including phenoxy) is 2. The molecule has 19 heavy (non-hydrogen) atoms. The van der Waals surface area contributed by atoms with Gasteiger partial charge in [0.1, 0.15) is 12.4 Å². The fraction of sp³-hybridized carbons (Fsp3) is 0.714. The Labute approximate surface area is 113 Å². The minimum absolute atomic E-state index is 0.0536. The van der Waals surface area contributed by atoms with Crippen LogP contribution in [0.1, 0.15) is 26.0 Å². The standard InChI is InChI=1S/C14H23NO4/c1-11-14(2,5-7-18-11)15-8-12(16)9-17-10-13-4-3-6-19-13/h3-4,6,11-12,15-16H,5,7-10H2,1-2H3. The predicted octanol–water partition coefficient (Wildman–Crippen LogP) is 1.31. The van der Waals surface area contributed by atoms with Gasteiger partial charge in [0.2, 0.25) is 0 Å². The maximum atomic E-state index is 9.88. The molecule has 5 heteroatoms. The van der Waals surface area contributed by atoms with Crippen molar-refractivity contribution in [3.05, 3.63) is 24.2 Å². The number of rotatable bonds is 7. The van der Waals surface area contributed by atoms with Crippen LogP contribution in [0.2, 0.25) is 0 Å². The molecular weight excluding hydrogens is 246 g/mol. The molecule has 0 bridgehead atoms. The lowest BCUT2D eigenvalue weighted by Gasteiger charge is -2.30. The lowest BCUT2D eigenvalue weighted by molar-refractivity contribution is 0.0157. The van der Waals surface area contributed by atoms with Crippen molar-refractivity contribution in [2.45, 2.75) is 44.6 Å². The quantitative estimate of drug-likeness (QED) is 0.781. The van der Waals surface area contributed by atoms with E-state index in [4.69, 9.17) is 13.9 Å². The zero-order valence-corrected chi connectivity index (χ0v) is 11.6. The van der Waals surface area contributed by atoms with E-state index in [1.807, 2.05) is 12.1 Å². The highest BCUT2D eigenvalue weighted by atomic mass is 16.5. The van der Waals surface area contributed by atoms with Gasteiger partial charge in [-0.15, -0.1) is 0 Å². The summed E-state index contributed by atoms with van der Waals surface area (Å²) in [4.78, 5) is 0. The van der Waals surface area contributed by atoms with Gasteiger partial charge in [-0.3, -0.25) is 0 Å². The van der Waals surface area contributed by atoms with Crippen LogP contribution in [0.4, 0.5) is 0 Å². The van der Waals surface area contributed by atoms with Crippen molar-refractivity contribution in [2.24, 2.45) is 0 Å². The molecule has 2 heterocycles. The van der Waals surface area contributed by atoms with E-state index in [-0.39, 0.29) is 11.6 Å². The first-order chi connectivity index (χ1) is 9.10. The Morgan fingerprint density at radius 2 is 2.47 bits per heavy atom. The molecule has 5 nitrogen and oxygen atoms in total. The van der Waals surface area contributed by atoms with Gasteiger partial charge in [-0.25, -0.2) is 0 Å². The molecule has 3 unspecified atom stereocenters. The normalized spacial score (nSPS) is 28.7. The number of aliphatic hydroxyl groups excluding tert-OH is 1. The number of aliphatic hydroxyl groups is 1. The van der Waals surface area contributed by atoms with Gasteiger partial charge >= 0.3 is 0 Å². The molecule has 0 radical (unpaired) electrons. The predicted molar refractivity (Wildman–Crippen MR) is 70.8 cm³/mol. The minimum Gasteiger partial charge on any atom is -0.467 e. The molecule has 108 valence electrons. The molecule has 1 aliphatic heterocycles. The van der Waals surface area contributed by atoms with E-state index in [2.05, 4.69) is 19.2 Å². The van der Waals surface area contributed by atoms with Crippen LogP contribution < -0.4 is 5.32 Å². The fourth-order valence-electron chi connectivity index (χ4n) is 2.17. The van der Waals surface area contributed by atoms with E-state index in [1.54, 1.807) is 6.26 Å². The summed E-state index contributed by atoms with van der Waals surface area (Å²) in [6.07, 6.45) is 2.22. The first kappa shape index (κ1) is 14.5. The second kappa shape index (κ2) is 6.52. The molecule has 0 aromatic carbocycles. The fourth-order valence-corrected chi connectivity index (χ4v) is 2.17. The van der Waals surface area contributed by atoms with Gasteiger partial charge in [-0.2, -0.15) is 0 Å². The van der Waals surface area contributed by atoms with Crippen molar-refractivity contribution < 1.29 is 19.0 Å². The number of furan rings is 1. The Balaban J connectivity index is 1.63. The van der Waals surface area contributed by atoms with Crippen molar-refractivity contribution in [3.63, 3.8) is 0 Å². The summed E-state index contributed by atoms with van der Waals surface area (Å²) in [5, 5.41) is 13.3. The average molecular weight is 269 g/mol. The smallest absolute Gasteiger partial charge is 0.129 e. The van der Waals surface area contributed by atoms with Crippen LogP contribution in [0.25, 0.3) is 0 Å². The van der Waals surface area contributed by atoms with Gasteiger partial charge < -0.3 is 24.3 Å². The second-order valence-electron chi connectivity index (χ2n) is 5.31. The maximum absolute atomic E-state index is 9.88. The van der Waals surface area contributed by atoms with E-state index in [1.165, 1.54) is 0 Å². The molecule has 2 N–H and O–H groups in total. The number of hydrogen-bond acceptors (Lipinski definition) is 5. The first-order valence-corrected chi connectivity index (χ1v) is 6.75. The van der Waals surface area contributed by atoms with Crippen molar-refractivity contribution in [2.75, 3.05) is 19.8 Å². The second-order valence-corrected chi connectivity index (χ2v) is 5.31. The average Bonchev–Trinajstić information content (AvgIpc) is 2.99. The highest BCUT2D eigenvalue weighted by Gasteiger charge is 2.36. The molecule has 1 fully saturated rings. The largest absolute Gasteiger partial charge is 0.467 e. The highest BCUT2D eigenvalue weighted by molar-refractivity contribution is 4.96. The van der Waals surface area contributed by atoms with E-state index in [0.29, 0.717) is 19.8 Å². The molecule has 0 spiro atoms. The molecule has 3 atom stereocenters. The summed E-state index contributed by atoms with van der Waals surface area (Å²) in [6.45, 7) is 6.14. The van der Waals surface area contributed by atoms with E-state index in [9.17, 15) is 5.11 Å². The van der Waals surface area contributed by atoms with Gasteiger partial charge in [0.15, 0.2) is 0 Å². The Kier molecular flexibility index (Phi) is 4.99. The Hall–Kier alpha value is -0.880. The summed E-state index contributed by atoms with van der Waals surface area (Å²) < 4.78 is 16.1.